The van der Waals surface area contributed by atoms with Crippen LogP contribution in [0.25, 0.3) is 0 Å². The number of amides is 2. The number of rotatable bonds is 8. The predicted octanol–water partition coefficient (Wildman–Crippen LogP) is 2.78. The highest BCUT2D eigenvalue weighted by atomic mass is 32.2. The van der Waals surface area contributed by atoms with Crippen LogP contribution < -0.4 is 20.1 Å². The van der Waals surface area contributed by atoms with Crippen LogP contribution in [0.3, 0.4) is 0 Å². The summed E-state index contributed by atoms with van der Waals surface area (Å²) in [6.07, 6.45) is 1.03. The SMILES string of the molecule is COc1ccccc1C(=O)c1cc(C)ccc1NC(=O)Nc1nc(CNS(C)(=O)=O)ns1. The summed E-state index contributed by atoms with van der Waals surface area (Å²) in [5.41, 5.74) is 1.84. The minimum Gasteiger partial charge on any atom is -0.496 e. The van der Waals surface area contributed by atoms with Crippen molar-refractivity contribution in [2.45, 2.75) is 13.5 Å². The summed E-state index contributed by atoms with van der Waals surface area (Å²) in [4.78, 5) is 29.7. The third kappa shape index (κ3) is 6.09. The standard InChI is InChI=1S/C20H21N5O5S2/c1-12-8-9-15(14(10-12)18(26)13-6-4-5-7-16(13)30-2)22-19(27)24-20-23-17(25-31-20)11-21-32(3,28)29/h4-10,21H,11H2,1-3H3,(H2,22,23,24,25,27). The topological polar surface area (TPSA) is 139 Å². The Morgan fingerprint density at radius 2 is 1.84 bits per heavy atom. The molecule has 10 nitrogen and oxygen atoms in total. The number of benzene rings is 2. The molecule has 0 bridgehead atoms. The molecule has 12 heteroatoms. The number of ketones is 1. The number of aromatic nitrogens is 2. The van der Waals surface area contributed by atoms with Gasteiger partial charge in [0.1, 0.15) is 5.75 Å². The quantitative estimate of drug-likeness (QED) is 0.426. The van der Waals surface area contributed by atoms with Gasteiger partial charge in [-0.1, -0.05) is 23.8 Å². The molecular formula is C20H21N5O5S2. The number of anilines is 2. The van der Waals surface area contributed by atoms with Crippen LogP contribution in [0.2, 0.25) is 0 Å². The largest absolute Gasteiger partial charge is 0.496 e. The number of hydrogen-bond acceptors (Lipinski definition) is 8. The fourth-order valence-electron chi connectivity index (χ4n) is 2.76. The van der Waals surface area contributed by atoms with Crippen LogP contribution in [-0.2, 0) is 16.6 Å². The molecule has 0 saturated heterocycles. The highest BCUT2D eigenvalue weighted by Gasteiger charge is 2.19. The van der Waals surface area contributed by atoms with Gasteiger partial charge >= 0.3 is 6.03 Å². The lowest BCUT2D eigenvalue weighted by Crippen LogP contribution is -2.22. The second-order valence-electron chi connectivity index (χ2n) is 6.77. The lowest BCUT2D eigenvalue weighted by atomic mass is 9.99. The third-order valence-electron chi connectivity index (χ3n) is 4.20. The Bertz CT molecular complexity index is 1260. The summed E-state index contributed by atoms with van der Waals surface area (Å²) >= 11 is 0.902. The van der Waals surface area contributed by atoms with Gasteiger partial charge < -0.3 is 10.1 Å². The van der Waals surface area contributed by atoms with Crippen molar-refractivity contribution in [3.63, 3.8) is 0 Å². The molecule has 3 rings (SSSR count). The highest BCUT2D eigenvalue weighted by molar-refractivity contribution is 7.88. The van der Waals surface area contributed by atoms with Gasteiger partial charge in [-0.2, -0.15) is 4.37 Å². The molecule has 0 radical (unpaired) electrons. The van der Waals surface area contributed by atoms with E-state index in [1.165, 1.54) is 7.11 Å². The van der Waals surface area contributed by atoms with Gasteiger partial charge in [-0.05, 0) is 31.2 Å². The van der Waals surface area contributed by atoms with E-state index in [0.717, 1.165) is 23.4 Å². The Hall–Kier alpha value is -3.35. The van der Waals surface area contributed by atoms with Crippen LogP contribution >= 0.6 is 11.5 Å². The first-order valence-corrected chi connectivity index (χ1v) is 12.0. The number of carbonyl (C=O) groups excluding carboxylic acids is 2. The number of sulfonamides is 1. The molecule has 32 heavy (non-hydrogen) atoms. The minimum absolute atomic E-state index is 0.0891. The first-order chi connectivity index (χ1) is 15.2. The molecule has 1 heterocycles. The molecule has 3 N–H and O–H groups in total. The molecule has 168 valence electrons. The van der Waals surface area contributed by atoms with E-state index >= 15 is 0 Å². The maximum atomic E-state index is 13.2. The number of methoxy groups -OCH3 is 1. The Morgan fingerprint density at radius 1 is 1.09 bits per heavy atom. The summed E-state index contributed by atoms with van der Waals surface area (Å²) in [6.45, 7) is 1.75. The summed E-state index contributed by atoms with van der Waals surface area (Å²) in [6, 6.07) is 11.3. The van der Waals surface area contributed by atoms with Gasteiger partial charge in [-0.25, -0.2) is 22.9 Å². The Labute approximate surface area is 189 Å². The lowest BCUT2D eigenvalue weighted by Gasteiger charge is -2.13. The van der Waals surface area contributed by atoms with Crippen molar-refractivity contribution in [2.75, 3.05) is 24.0 Å². The normalized spacial score (nSPS) is 11.1. The van der Waals surface area contributed by atoms with Crippen LogP contribution in [0.4, 0.5) is 15.6 Å². The van der Waals surface area contributed by atoms with Crippen molar-refractivity contribution in [3.8, 4) is 5.75 Å². The van der Waals surface area contributed by atoms with Crippen molar-refractivity contribution in [1.82, 2.24) is 14.1 Å². The number of aryl methyl sites for hydroxylation is 1. The van der Waals surface area contributed by atoms with E-state index in [1.54, 1.807) is 42.5 Å². The highest BCUT2D eigenvalue weighted by Crippen LogP contribution is 2.26. The molecule has 0 atom stereocenters. The molecule has 0 aliphatic rings. The van der Waals surface area contributed by atoms with Crippen LogP contribution in [-0.4, -0.2) is 43.0 Å². The average Bonchev–Trinajstić information content (AvgIpc) is 3.19. The van der Waals surface area contributed by atoms with E-state index in [1.807, 2.05) is 6.92 Å². The summed E-state index contributed by atoms with van der Waals surface area (Å²) in [5.74, 6) is 0.350. The van der Waals surface area contributed by atoms with Crippen LogP contribution in [0.5, 0.6) is 5.75 Å². The van der Waals surface area contributed by atoms with Crippen molar-refractivity contribution >= 4 is 44.2 Å². The second kappa shape index (κ2) is 9.85. The first kappa shape index (κ1) is 23.3. The van der Waals surface area contributed by atoms with Gasteiger partial charge in [-0.15, -0.1) is 0 Å². The predicted molar refractivity (Wildman–Crippen MR) is 122 cm³/mol. The van der Waals surface area contributed by atoms with Gasteiger partial charge in [0.2, 0.25) is 15.2 Å². The molecule has 0 aliphatic carbocycles. The van der Waals surface area contributed by atoms with E-state index in [9.17, 15) is 18.0 Å². The lowest BCUT2D eigenvalue weighted by molar-refractivity contribution is 0.103. The first-order valence-electron chi connectivity index (χ1n) is 9.30. The maximum absolute atomic E-state index is 13.2. The minimum atomic E-state index is -3.39. The molecule has 0 unspecified atom stereocenters. The van der Waals surface area contributed by atoms with Crippen LogP contribution in [0.15, 0.2) is 42.5 Å². The molecule has 0 aliphatic heterocycles. The molecular weight excluding hydrogens is 454 g/mol. The number of nitrogens with one attached hydrogen (secondary N) is 3. The summed E-state index contributed by atoms with van der Waals surface area (Å²) in [5, 5.41) is 5.37. The number of hydrogen-bond donors (Lipinski definition) is 3. The van der Waals surface area contributed by atoms with Gasteiger partial charge in [0, 0.05) is 17.1 Å². The fraction of sp³-hybridized carbons (Fsp3) is 0.200. The molecule has 0 spiro atoms. The van der Waals surface area contributed by atoms with Crippen molar-refractivity contribution in [2.24, 2.45) is 0 Å². The average molecular weight is 476 g/mol. The summed E-state index contributed by atoms with van der Waals surface area (Å²) in [7, 11) is -1.90. The summed E-state index contributed by atoms with van der Waals surface area (Å²) < 4.78 is 33.9. The molecule has 2 amide bonds. The molecule has 2 aromatic carbocycles. The smallest absolute Gasteiger partial charge is 0.325 e. The van der Waals surface area contributed by atoms with Crippen molar-refractivity contribution in [1.29, 1.82) is 0 Å². The number of carbonyl (C=O) groups is 2. The number of urea groups is 1. The van der Waals surface area contributed by atoms with Gasteiger partial charge in [0.05, 0.1) is 31.2 Å². The van der Waals surface area contributed by atoms with Crippen molar-refractivity contribution in [3.05, 3.63) is 65.0 Å². The molecule has 1 aromatic heterocycles. The number of nitrogens with zero attached hydrogens (tertiary/aromatic N) is 2. The van der Waals surface area contributed by atoms with E-state index in [4.69, 9.17) is 4.74 Å². The number of ether oxygens (including phenoxy) is 1. The fourth-order valence-corrected chi connectivity index (χ4v) is 3.73. The third-order valence-corrected chi connectivity index (χ3v) is 5.54. The zero-order valence-corrected chi connectivity index (χ0v) is 19.1. The van der Waals surface area contributed by atoms with E-state index in [2.05, 4.69) is 24.7 Å². The van der Waals surface area contributed by atoms with Gasteiger partial charge in [0.25, 0.3) is 0 Å². The zero-order valence-electron chi connectivity index (χ0n) is 17.5. The van der Waals surface area contributed by atoms with Gasteiger partial charge in [-0.3, -0.25) is 10.1 Å². The Morgan fingerprint density at radius 3 is 2.56 bits per heavy atom. The molecule has 3 aromatic rings. The molecule has 0 fully saturated rings. The Balaban J connectivity index is 1.76. The number of para-hydroxylation sites is 1. The monoisotopic (exact) mass is 475 g/mol. The van der Waals surface area contributed by atoms with Crippen LogP contribution in [0.1, 0.15) is 27.3 Å². The Kier molecular flexibility index (Phi) is 7.18. The molecule has 0 saturated carbocycles. The van der Waals surface area contributed by atoms with Gasteiger partial charge in [0.15, 0.2) is 11.6 Å². The van der Waals surface area contributed by atoms with E-state index in [0.29, 0.717) is 22.6 Å². The second-order valence-corrected chi connectivity index (χ2v) is 9.35. The maximum Gasteiger partial charge on any atom is 0.325 e. The van der Waals surface area contributed by atoms with E-state index in [-0.39, 0.29) is 23.3 Å². The van der Waals surface area contributed by atoms with Crippen LogP contribution in [0, 0.1) is 6.92 Å². The van der Waals surface area contributed by atoms with Crippen molar-refractivity contribution < 1.29 is 22.7 Å². The van der Waals surface area contributed by atoms with E-state index < -0.39 is 16.1 Å². The zero-order chi connectivity index (χ0) is 23.3.